The van der Waals surface area contributed by atoms with E-state index in [4.69, 9.17) is 23.2 Å². The molecule has 0 radical (unpaired) electrons. The Morgan fingerprint density at radius 1 is 1.19 bits per heavy atom. The summed E-state index contributed by atoms with van der Waals surface area (Å²) in [5.41, 5.74) is 1.79. The topological polar surface area (TPSA) is 41.1 Å². The maximum Gasteiger partial charge on any atom is 0.252 e. The van der Waals surface area contributed by atoms with Gasteiger partial charge in [0, 0.05) is 24.3 Å². The average Bonchev–Trinajstić information content (AvgIpc) is 2.44. The van der Waals surface area contributed by atoms with E-state index in [2.05, 4.69) is 10.6 Å². The van der Waals surface area contributed by atoms with Crippen molar-refractivity contribution in [3.05, 3.63) is 63.4 Å². The van der Waals surface area contributed by atoms with Crippen molar-refractivity contribution in [2.45, 2.75) is 6.54 Å². The largest absolute Gasteiger partial charge is 0.381 e. The molecule has 0 aromatic heterocycles. The van der Waals surface area contributed by atoms with E-state index in [0.717, 1.165) is 0 Å². The molecule has 0 bridgehead atoms. The first-order valence-corrected chi connectivity index (χ1v) is 6.95. The Kier molecular flexibility index (Phi) is 5.04. The van der Waals surface area contributed by atoms with Crippen molar-refractivity contribution in [1.29, 1.82) is 0 Å². The molecule has 0 fully saturated rings. The van der Waals surface area contributed by atoms with Crippen molar-refractivity contribution in [3.63, 3.8) is 0 Å². The zero-order valence-electron chi connectivity index (χ0n) is 11.2. The number of hydrogen-bond donors (Lipinski definition) is 2. The first kappa shape index (κ1) is 15.6. The molecule has 2 aromatic carbocycles. The van der Waals surface area contributed by atoms with Crippen LogP contribution in [0, 0.1) is 5.82 Å². The highest BCUT2D eigenvalue weighted by molar-refractivity contribution is 6.34. The number of anilines is 1. The second kappa shape index (κ2) is 6.78. The van der Waals surface area contributed by atoms with Crippen molar-refractivity contribution in [2.24, 2.45) is 0 Å². The van der Waals surface area contributed by atoms with Gasteiger partial charge in [-0.15, -0.1) is 0 Å². The van der Waals surface area contributed by atoms with Crippen LogP contribution in [0.4, 0.5) is 10.1 Å². The van der Waals surface area contributed by atoms with Crippen LogP contribution in [0.5, 0.6) is 0 Å². The van der Waals surface area contributed by atoms with Gasteiger partial charge in [-0.25, -0.2) is 4.39 Å². The molecule has 6 heteroatoms. The Balaban J connectivity index is 2.15. The zero-order chi connectivity index (χ0) is 15.4. The van der Waals surface area contributed by atoms with Crippen LogP contribution in [0.3, 0.4) is 0 Å². The van der Waals surface area contributed by atoms with Gasteiger partial charge in [0.05, 0.1) is 10.6 Å². The fourth-order valence-electron chi connectivity index (χ4n) is 1.86. The number of benzene rings is 2. The van der Waals surface area contributed by atoms with Crippen LogP contribution in [0.1, 0.15) is 15.9 Å². The van der Waals surface area contributed by atoms with E-state index < -0.39 is 0 Å². The molecule has 2 aromatic rings. The Morgan fingerprint density at radius 3 is 2.62 bits per heavy atom. The fraction of sp³-hybridized carbons (Fsp3) is 0.133. The minimum absolute atomic E-state index is 0.266. The van der Waals surface area contributed by atoms with Gasteiger partial charge in [-0.2, -0.15) is 0 Å². The van der Waals surface area contributed by atoms with Crippen LogP contribution >= 0.6 is 23.2 Å². The number of hydrogen-bond acceptors (Lipinski definition) is 2. The third-order valence-corrected chi connectivity index (χ3v) is 3.40. The molecule has 0 aliphatic rings. The molecular weight excluding hydrogens is 314 g/mol. The Hall–Kier alpha value is -1.78. The lowest BCUT2D eigenvalue weighted by Gasteiger charge is -2.10. The summed E-state index contributed by atoms with van der Waals surface area (Å²) in [6.45, 7) is 0.381. The molecule has 0 atom stereocenters. The van der Waals surface area contributed by atoms with Crippen LogP contribution in [0.25, 0.3) is 0 Å². The molecule has 110 valence electrons. The molecule has 0 aliphatic carbocycles. The van der Waals surface area contributed by atoms with E-state index in [1.807, 2.05) is 0 Å². The molecule has 0 saturated heterocycles. The molecular formula is C15H13Cl2FN2O. The molecule has 0 spiro atoms. The highest BCUT2D eigenvalue weighted by atomic mass is 35.5. The van der Waals surface area contributed by atoms with Gasteiger partial charge < -0.3 is 10.6 Å². The van der Waals surface area contributed by atoms with Gasteiger partial charge in [0.1, 0.15) is 5.82 Å². The van der Waals surface area contributed by atoms with Crippen molar-refractivity contribution in [3.8, 4) is 0 Å². The number of nitrogens with one attached hydrogen (secondary N) is 2. The third kappa shape index (κ3) is 4.09. The summed E-state index contributed by atoms with van der Waals surface area (Å²) in [4.78, 5) is 11.7. The summed E-state index contributed by atoms with van der Waals surface area (Å²) >= 11 is 11.8. The van der Waals surface area contributed by atoms with E-state index in [-0.39, 0.29) is 11.7 Å². The minimum Gasteiger partial charge on any atom is -0.381 e. The first-order valence-electron chi connectivity index (χ1n) is 6.20. The average molecular weight is 327 g/mol. The SMILES string of the molecule is CNC(=O)c1cc(NCc2cc(F)cc(Cl)c2)ccc1Cl. The van der Waals surface area contributed by atoms with Crippen LogP contribution in [0.2, 0.25) is 10.0 Å². The maximum atomic E-state index is 13.2. The second-order valence-corrected chi connectivity index (χ2v) is 5.25. The van der Waals surface area contributed by atoms with E-state index in [1.54, 1.807) is 24.3 Å². The summed E-state index contributed by atoms with van der Waals surface area (Å²) in [5.74, 6) is -0.654. The predicted octanol–water partition coefficient (Wildman–Crippen LogP) is 4.10. The van der Waals surface area contributed by atoms with Crippen LogP contribution < -0.4 is 10.6 Å². The predicted molar refractivity (Wildman–Crippen MR) is 83.6 cm³/mol. The Morgan fingerprint density at radius 2 is 1.95 bits per heavy atom. The second-order valence-electron chi connectivity index (χ2n) is 4.40. The Bertz CT molecular complexity index is 656. The van der Waals surface area contributed by atoms with Crippen molar-refractivity contribution < 1.29 is 9.18 Å². The highest BCUT2D eigenvalue weighted by Gasteiger charge is 2.09. The molecule has 0 unspecified atom stereocenters. The Labute approximate surface area is 132 Å². The maximum absolute atomic E-state index is 13.2. The number of carbonyl (C=O) groups excluding carboxylic acids is 1. The quantitative estimate of drug-likeness (QED) is 0.887. The molecule has 0 aliphatic heterocycles. The molecule has 2 N–H and O–H groups in total. The molecule has 3 nitrogen and oxygen atoms in total. The molecule has 21 heavy (non-hydrogen) atoms. The van der Waals surface area contributed by atoms with Crippen molar-refractivity contribution >= 4 is 34.8 Å². The smallest absolute Gasteiger partial charge is 0.252 e. The van der Waals surface area contributed by atoms with Gasteiger partial charge in [0.25, 0.3) is 5.91 Å². The molecule has 0 heterocycles. The van der Waals surface area contributed by atoms with Crippen LogP contribution in [-0.4, -0.2) is 13.0 Å². The van der Waals surface area contributed by atoms with Gasteiger partial charge in [-0.1, -0.05) is 23.2 Å². The molecule has 0 saturated carbocycles. The number of carbonyl (C=O) groups is 1. The summed E-state index contributed by atoms with van der Waals surface area (Å²) in [6, 6.07) is 9.34. The van der Waals surface area contributed by atoms with Gasteiger partial charge in [0.15, 0.2) is 0 Å². The number of halogens is 3. The van der Waals surface area contributed by atoms with Crippen LogP contribution in [-0.2, 0) is 6.54 Å². The van der Waals surface area contributed by atoms with Gasteiger partial charge in [0.2, 0.25) is 0 Å². The third-order valence-electron chi connectivity index (χ3n) is 2.86. The number of rotatable bonds is 4. The standard InChI is InChI=1S/C15H13Cl2FN2O/c1-19-15(21)13-7-12(2-3-14(13)17)20-8-9-4-10(16)6-11(18)5-9/h2-7,20H,8H2,1H3,(H,19,21). The van der Waals surface area contributed by atoms with E-state index in [9.17, 15) is 9.18 Å². The number of amides is 1. The summed E-state index contributed by atoms with van der Waals surface area (Å²) < 4.78 is 13.2. The summed E-state index contributed by atoms with van der Waals surface area (Å²) in [7, 11) is 1.54. The molecule has 1 amide bonds. The van der Waals surface area contributed by atoms with E-state index in [1.165, 1.54) is 19.2 Å². The lowest BCUT2D eigenvalue weighted by molar-refractivity contribution is 0.0963. The van der Waals surface area contributed by atoms with Gasteiger partial charge in [-0.3, -0.25) is 4.79 Å². The summed E-state index contributed by atoms with van der Waals surface area (Å²) in [5, 5.41) is 6.33. The molecule has 2 rings (SSSR count). The highest BCUT2D eigenvalue weighted by Crippen LogP contribution is 2.21. The monoisotopic (exact) mass is 326 g/mol. The lowest BCUT2D eigenvalue weighted by Crippen LogP contribution is -2.18. The van der Waals surface area contributed by atoms with E-state index in [0.29, 0.717) is 33.4 Å². The zero-order valence-corrected chi connectivity index (χ0v) is 12.7. The van der Waals surface area contributed by atoms with Crippen molar-refractivity contribution in [1.82, 2.24) is 5.32 Å². The normalized spacial score (nSPS) is 10.3. The summed E-state index contributed by atoms with van der Waals surface area (Å²) in [6.07, 6.45) is 0. The van der Waals surface area contributed by atoms with E-state index >= 15 is 0 Å². The minimum atomic E-state index is -0.388. The van der Waals surface area contributed by atoms with Gasteiger partial charge >= 0.3 is 0 Å². The van der Waals surface area contributed by atoms with Crippen LogP contribution in [0.15, 0.2) is 36.4 Å². The fourth-order valence-corrected chi connectivity index (χ4v) is 2.31. The lowest BCUT2D eigenvalue weighted by atomic mass is 10.1. The van der Waals surface area contributed by atoms with Gasteiger partial charge in [-0.05, 0) is 42.0 Å². The first-order chi connectivity index (χ1) is 9.99. The van der Waals surface area contributed by atoms with Crippen molar-refractivity contribution in [2.75, 3.05) is 12.4 Å².